The fourth-order valence-electron chi connectivity index (χ4n) is 3.05. The lowest BCUT2D eigenvalue weighted by molar-refractivity contribution is -0.129. The first-order valence-corrected chi connectivity index (χ1v) is 8.92. The van der Waals surface area contributed by atoms with Crippen molar-refractivity contribution >= 4 is 40.9 Å². The van der Waals surface area contributed by atoms with Crippen molar-refractivity contribution in [1.29, 1.82) is 0 Å². The molecule has 0 bridgehead atoms. The van der Waals surface area contributed by atoms with Crippen LogP contribution in [0.5, 0.6) is 5.75 Å². The van der Waals surface area contributed by atoms with Crippen LogP contribution in [-0.4, -0.2) is 27.8 Å². The van der Waals surface area contributed by atoms with Crippen LogP contribution in [0.3, 0.4) is 0 Å². The quantitative estimate of drug-likeness (QED) is 0.392. The fourth-order valence-corrected chi connectivity index (χ4v) is 3.29. The Balaban J connectivity index is 1.45. The van der Waals surface area contributed by atoms with Gasteiger partial charge in [-0.2, -0.15) is 0 Å². The minimum atomic E-state index is -0.526. The molecule has 6 nitrogen and oxygen atoms in total. The summed E-state index contributed by atoms with van der Waals surface area (Å²) in [6.45, 7) is 0.723. The van der Waals surface area contributed by atoms with Crippen molar-refractivity contribution in [1.82, 2.24) is 9.38 Å². The molecule has 1 fully saturated rings. The number of nitrogens with zero attached hydrogens (tertiary/aromatic N) is 3. The van der Waals surface area contributed by atoms with Gasteiger partial charge in [0.25, 0.3) is 0 Å². The fraction of sp³-hybridized carbons (Fsp3) is 0.150. The predicted octanol–water partition coefficient (Wildman–Crippen LogP) is 3.73. The second-order valence-corrected chi connectivity index (χ2v) is 6.47. The number of hydrogen-bond donors (Lipinski definition) is 0. The highest BCUT2D eigenvalue weighted by atomic mass is 35.5. The maximum absolute atomic E-state index is 12.1. The van der Waals surface area contributed by atoms with Crippen LogP contribution in [0.2, 0.25) is 5.15 Å². The van der Waals surface area contributed by atoms with E-state index in [1.807, 2.05) is 24.4 Å². The number of rotatable bonds is 4. The Morgan fingerprint density at radius 3 is 2.74 bits per heavy atom. The van der Waals surface area contributed by atoms with E-state index in [-0.39, 0.29) is 5.91 Å². The average Bonchev–Trinajstić information content (AvgIpc) is 3.23. The summed E-state index contributed by atoms with van der Waals surface area (Å²) in [7, 11) is 0. The van der Waals surface area contributed by atoms with E-state index in [2.05, 4.69) is 4.98 Å². The molecule has 0 saturated carbocycles. The van der Waals surface area contributed by atoms with Gasteiger partial charge in [-0.25, -0.2) is 9.78 Å². The standard InChI is InChI=1S/C20H16ClN3O3/c21-20-16(24-12-2-1-4-17(24)22-20)10-11-19(26)27-15-8-6-14(7-9-15)23-13-3-5-18(23)25/h1-2,4,6-12H,3,5,13H2/b11-10+. The number of hydrogen-bond acceptors (Lipinski definition) is 4. The third kappa shape index (κ3) is 3.57. The van der Waals surface area contributed by atoms with Crippen LogP contribution in [0.4, 0.5) is 5.69 Å². The molecule has 1 aliphatic rings. The maximum atomic E-state index is 12.1. The number of carbonyl (C=O) groups excluding carboxylic acids is 2. The third-order valence-electron chi connectivity index (χ3n) is 4.34. The van der Waals surface area contributed by atoms with Gasteiger partial charge in [-0.3, -0.25) is 9.20 Å². The van der Waals surface area contributed by atoms with Gasteiger partial charge >= 0.3 is 5.97 Å². The molecule has 0 spiro atoms. The second-order valence-electron chi connectivity index (χ2n) is 6.11. The van der Waals surface area contributed by atoms with E-state index in [9.17, 15) is 9.59 Å². The summed E-state index contributed by atoms with van der Waals surface area (Å²) in [4.78, 5) is 29.8. The van der Waals surface area contributed by atoms with Gasteiger partial charge in [0.05, 0.1) is 5.69 Å². The van der Waals surface area contributed by atoms with Gasteiger partial charge in [-0.1, -0.05) is 17.7 Å². The molecular weight excluding hydrogens is 366 g/mol. The number of carbonyl (C=O) groups is 2. The lowest BCUT2D eigenvalue weighted by atomic mass is 10.3. The molecule has 7 heteroatoms. The van der Waals surface area contributed by atoms with E-state index in [1.54, 1.807) is 39.6 Å². The van der Waals surface area contributed by atoms with Crippen LogP contribution < -0.4 is 9.64 Å². The number of ether oxygens (including phenoxy) is 1. The summed E-state index contributed by atoms with van der Waals surface area (Å²) in [6, 6.07) is 12.4. The zero-order chi connectivity index (χ0) is 18.8. The summed E-state index contributed by atoms with van der Waals surface area (Å²) >= 11 is 6.14. The maximum Gasteiger partial charge on any atom is 0.336 e. The topological polar surface area (TPSA) is 63.9 Å². The second kappa shape index (κ2) is 7.25. The van der Waals surface area contributed by atoms with Gasteiger partial charge in [-0.05, 0) is 48.9 Å². The third-order valence-corrected chi connectivity index (χ3v) is 4.62. The number of amides is 1. The molecule has 27 heavy (non-hydrogen) atoms. The van der Waals surface area contributed by atoms with Crippen LogP contribution in [0.15, 0.2) is 54.7 Å². The van der Waals surface area contributed by atoms with Crippen LogP contribution in [0, 0.1) is 0 Å². The van der Waals surface area contributed by atoms with Crippen molar-refractivity contribution in [3.63, 3.8) is 0 Å². The molecule has 0 N–H and O–H groups in total. The highest BCUT2D eigenvalue weighted by molar-refractivity contribution is 6.31. The van der Waals surface area contributed by atoms with Gasteiger partial charge in [0, 0.05) is 30.9 Å². The van der Waals surface area contributed by atoms with Crippen molar-refractivity contribution < 1.29 is 14.3 Å². The predicted molar refractivity (Wildman–Crippen MR) is 103 cm³/mol. The first-order valence-electron chi connectivity index (χ1n) is 8.55. The molecule has 3 heterocycles. The Morgan fingerprint density at radius 2 is 2.00 bits per heavy atom. The lowest BCUT2D eigenvalue weighted by Gasteiger charge is -2.15. The number of anilines is 1. The van der Waals surface area contributed by atoms with E-state index in [0.29, 0.717) is 28.7 Å². The molecule has 1 aliphatic heterocycles. The normalized spacial score (nSPS) is 14.4. The van der Waals surface area contributed by atoms with Crippen LogP contribution in [-0.2, 0) is 9.59 Å². The van der Waals surface area contributed by atoms with Gasteiger partial charge in [0.2, 0.25) is 5.91 Å². The molecule has 1 saturated heterocycles. The van der Waals surface area contributed by atoms with Crippen molar-refractivity contribution in [2.24, 2.45) is 0 Å². The zero-order valence-corrected chi connectivity index (χ0v) is 15.1. The molecule has 0 aliphatic carbocycles. The number of benzene rings is 1. The number of imidazole rings is 1. The Labute approximate surface area is 160 Å². The number of esters is 1. The molecule has 1 aromatic carbocycles. The number of halogens is 1. The van der Waals surface area contributed by atoms with Gasteiger partial charge in [0.15, 0.2) is 5.15 Å². The highest BCUT2D eigenvalue weighted by Crippen LogP contribution is 2.24. The summed E-state index contributed by atoms with van der Waals surface area (Å²) in [5.41, 5.74) is 2.11. The van der Waals surface area contributed by atoms with E-state index in [1.165, 1.54) is 6.08 Å². The van der Waals surface area contributed by atoms with Gasteiger partial charge in [-0.15, -0.1) is 0 Å². The van der Waals surface area contributed by atoms with Gasteiger partial charge < -0.3 is 9.64 Å². The largest absolute Gasteiger partial charge is 0.423 e. The summed E-state index contributed by atoms with van der Waals surface area (Å²) < 4.78 is 7.09. The Kier molecular flexibility index (Phi) is 4.64. The van der Waals surface area contributed by atoms with Gasteiger partial charge in [0.1, 0.15) is 11.4 Å². The Bertz CT molecular complexity index is 1040. The summed E-state index contributed by atoms with van der Waals surface area (Å²) in [5, 5.41) is 0.310. The smallest absolute Gasteiger partial charge is 0.336 e. The van der Waals surface area contributed by atoms with E-state index < -0.39 is 5.97 Å². The number of fused-ring (bicyclic) bond motifs is 1. The van der Waals surface area contributed by atoms with Crippen LogP contribution >= 0.6 is 11.6 Å². The monoisotopic (exact) mass is 381 g/mol. The molecule has 2 aromatic heterocycles. The van der Waals surface area contributed by atoms with Crippen LogP contribution in [0.25, 0.3) is 11.7 Å². The number of aromatic nitrogens is 2. The zero-order valence-electron chi connectivity index (χ0n) is 14.3. The number of pyridine rings is 1. The highest BCUT2D eigenvalue weighted by Gasteiger charge is 2.21. The van der Waals surface area contributed by atoms with Crippen LogP contribution in [0.1, 0.15) is 18.5 Å². The molecular formula is C20H16ClN3O3. The summed E-state index contributed by atoms with van der Waals surface area (Å²) in [5.74, 6) is -0.00109. The van der Waals surface area contributed by atoms with Crippen molar-refractivity contribution in [2.45, 2.75) is 12.8 Å². The molecule has 4 rings (SSSR count). The first kappa shape index (κ1) is 17.3. The summed E-state index contributed by atoms with van der Waals surface area (Å²) in [6.07, 6.45) is 6.14. The lowest BCUT2D eigenvalue weighted by Crippen LogP contribution is -2.23. The molecule has 0 radical (unpaired) electrons. The van der Waals surface area contributed by atoms with E-state index in [0.717, 1.165) is 18.7 Å². The average molecular weight is 382 g/mol. The molecule has 3 aromatic rings. The Hall–Kier alpha value is -3.12. The minimum absolute atomic E-state index is 0.118. The van der Waals surface area contributed by atoms with E-state index in [4.69, 9.17) is 16.3 Å². The molecule has 0 atom stereocenters. The first-order chi connectivity index (χ1) is 13.1. The van der Waals surface area contributed by atoms with Crippen molar-refractivity contribution in [3.05, 3.63) is 65.6 Å². The molecule has 136 valence electrons. The van der Waals surface area contributed by atoms with E-state index >= 15 is 0 Å². The molecule has 0 unspecified atom stereocenters. The Morgan fingerprint density at radius 1 is 1.19 bits per heavy atom. The minimum Gasteiger partial charge on any atom is -0.423 e. The SMILES string of the molecule is O=C(/C=C/c1c(Cl)nc2ccccn12)Oc1ccc(N2CCCC2=O)cc1. The molecule has 1 amide bonds. The van der Waals surface area contributed by atoms with Crippen molar-refractivity contribution in [2.75, 3.05) is 11.4 Å². The van der Waals surface area contributed by atoms with Crippen molar-refractivity contribution in [3.8, 4) is 5.75 Å².